The van der Waals surface area contributed by atoms with Gasteiger partial charge in [-0.05, 0) is 36.5 Å². The smallest absolute Gasteiger partial charge is 0.312 e. The van der Waals surface area contributed by atoms with Crippen molar-refractivity contribution in [2.45, 2.75) is 73.0 Å². The molecule has 1 aromatic carbocycles. The van der Waals surface area contributed by atoms with Gasteiger partial charge in [-0.15, -0.1) is 0 Å². The van der Waals surface area contributed by atoms with Crippen molar-refractivity contribution in [1.82, 2.24) is 10.6 Å². The third-order valence-corrected chi connectivity index (χ3v) is 5.57. The summed E-state index contributed by atoms with van der Waals surface area (Å²) in [5, 5.41) is 8.05. The molecule has 4 amide bonds. The van der Waals surface area contributed by atoms with Gasteiger partial charge >= 0.3 is 12.0 Å². The molecule has 0 aromatic heterocycles. The number of benzene rings is 1. The van der Waals surface area contributed by atoms with Gasteiger partial charge in [0.2, 0.25) is 11.8 Å². The standard InChI is InChI=1S/C26H40N4O6/c1-6-22(32)30-23(16(2)3)21(31)14-19(8-7-13-28-26(27)35)24(33)29-20-11-9-18(10-12-20)15-36-25(34)17(4)5/h9-12,16-17,19,23H,6-8,13-15H2,1-5H3,(H,29,33)(H,30,32)(H3,27,28,35)/t19-,23+/m1/s1. The second kappa shape index (κ2) is 15.5. The quantitative estimate of drug-likeness (QED) is 0.212. The summed E-state index contributed by atoms with van der Waals surface area (Å²) in [6.07, 6.45) is 0.986. The molecule has 0 radical (unpaired) electrons. The molecule has 1 rings (SSSR count). The largest absolute Gasteiger partial charge is 0.461 e. The summed E-state index contributed by atoms with van der Waals surface area (Å²) in [6.45, 7) is 9.31. The SMILES string of the molecule is CCC(=O)N[C@H](C(=O)C[C@@H](CCCNC(N)=O)C(=O)Nc1ccc(COC(=O)C(C)C)cc1)C(C)C. The van der Waals surface area contributed by atoms with Gasteiger partial charge in [0.05, 0.1) is 12.0 Å². The summed E-state index contributed by atoms with van der Waals surface area (Å²) in [5.74, 6) is -2.10. The third kappa shape index (κ3) is 11.3. The number of ether oxygens (including phenoxy) is 1. The molecule has 10 heteroatoms. The van der Waals surface area contributed by atoms with Crippen LogP contribution in [0.5, 0.6) is 0 Å². The first-order valence-corrected chi connectivity index (χ1v) is 12.4. The van der Waals surface area contributed by atoms with E-state index in [1.807, 2.05) is 13.8 Å². The molecule has 0 aliphatic carbocycles. The molecular weight excluding hydrogens is 464 g/mol. The highest BCUT2D eigenvalue weighted by Gasteiger charge is 2.29. The molecule has 0 unspecified atom stereocenters. The fourth-order valence-corrected chi connectivity index (χ4v) is 3.40. The van der Waals surface area contributed by atoms with Crippen LogP contribution < -0.4 is 21.7 Å². The molecule has 0 spiro atoms. The van der Waals surface area contributed by atoms with E-state index in [1.165, 1.54) is 0 Å². The Morgan fingerprint density at radius 1 is 1.00 bits per heavy atom. The molecular formula is C26H40N4O6. The zero-order valence-corrected chi connectivity index (χ0v) is 21.9. The molecule has 0 bridgehead atoms. The van der Waals surface area contributed by atoms with Crippen molar-refractivity contribution in [3.05, 3.63) is 29.8 Å². The van der Waals surface area contributed by atoms with Gasteiger partial charge in [0.15, 0.2) is 5.78 Å². The second-order valence-corrected chi connectivity index (χ2v) is 9.39. The Bertz CT molecular complexity index is 898. The van der Waals surface area contributed by atoms with E-state index in [2.05, 4.69) is 16.0 Å². The van der Waals surface area contributed by atoms with Gasteiger partial charge in [-0.3, -0.25) is 19.2 Å². The lowest BCUT2D eigenvalue weighted by molar-refractivity contribution is -0.148. The average Bonchev–Trinajstić information content (AvgIpc) is 2.82. The van der Waals surface area contributed by atoms with E-state index in [9.17, 15) is 24.0 Å². The Balaban J connectivity index is 2.88. The van der Waals surface area contributed by atoms with Crippen LogP contribution in [0, 0.1) is 17.8 Å². The summed E-state index contributed by atoms with van der Waals surface area (Å²) >= 11 is 0. The lowest BCUT2D eigenvalue weighted by atomic mass is 9.89. The predicted molar refractivity (Wildman–Crippen MR) is 137 cm³/mol. The lowest BCUT2D eigenvalue weighted by Crippen LogP contribution is -2.45. The number of Topliss-reactive ketones (excluding diaryl/α,β-unsaturated/α-hetero) is 1. The number of hydrogen-bond acceptors (Lipinski definition) is 6. The zero-order chi connectivity index (χ0) is 27.3. The van der Waals surface area contributed by atoms with Crippen molar-refractivity contribution >= 4 is 35.3 Å². The highest BCUT2D eigenvalue weighted by atomic mass is 16.5. The first-order chi connectivity index (χ1) is 16.9. The van der Waals surface area contributed by atoms with Crippen molar-refractivity contribution in [3.63, 3.8) is 0 Å². The summed E-state index contributed by atoms with van der Waals surface area (Å²) < 4.78 is 5.21. The predicted octanol–water partition coefficient (Wildman–Crippen LogP) is 2.90. The van der Waals surface area contributed by atoms with Crippen LogP contribution in [-0.4, -0.2) is 42.2 Å². The molecule has 36 heavy (non-hydrogen) atoms. The summed E-state index contributed by atoms with van der Waals surface area (Å²) in [7, 11) is 0. The number of anilines is 1. The minimum atomic E-state index is -0.690. The van der Waals surface area contributed by atoms with Gasteiger partial charge in [0, 0.05) is 31.0 Å². The minimum Gasteiger partial charge on any atom is -0.461 e. The van der Waals surface area contributed by atoms with Crippen molar-refractivity contribution in [2.24, 2.45) is 23.5 Å². The number of nitrogens with one attached hydrogen (secondary N) is 3. The Kier molecular flexibility index (Phi) is 13.2. The number of nitrogens with two attached hydrogens (primary N) is 1. The number of ketones is 1. The maximum Gasteiger partial charge on any atom is 0.312 e. The van der Waals surface area contributed by atoms with Crippen LogP contribution >= 0.6 is 0 Å². The van der Waals surface area contributed by atoms with Gasteiger partial charge in [-0.25, -0.2) is 4.79 Å². The Morgan fingerprint density at radius 3 is 2.17 bits per heavy atom. The summed E-state index contributed by atoms with van der Waals surface area (Å²) in [4.78, 5) is 60.6. The number of rotatable bonds is 15. The molecule has 200 valence electrons. The molecule has 10 nitrogen and oxygen atoms in total. The van der Waals surface area contributed by atoms with E-state index in [0.717, 1.165) is 5.56 Å². The molecule has 0 saturated carbocycles. The van der Waals surface area contributed by atoms with E-state index in [0.29, 0.717) is 18.5 Å². The Morgan fingerprint density at radius 2 is 1.64 bits per heavy atom. The fraction of sp³-hybridized carbons (Fsp3) is 0.577. The van der Waals surface area contributed by atoms with Crippen LogP contribution in [0.1, 0.15) is 65.9 Å². The van der Waals surface area contributed by atoms with E-state index in [-0.39, 0.29) is 61.4 Å². The van der Waals surface area contributed by atoms with E-state index in [4.69, 9.17) is 10.5 Å². The maximum absolute atomic E-state index is 13.1. The lowest BCUT2D eigenvalue weighted by Gasteiger charge is -2.24. The topological polar surface area (TPSA) is 157 Å². The van der Waals surface area contributed by atoms with E-state index in [1.54, 1.807) is 45.0 Å². The van der Waals surface area contributed by atoms with Crippen molar-refractivity contribution in [3.8, 4) is 0 Å². The van der Waals surface area contributed by atoms with Gasteiger partial charge in [0.1, 0.15) is 6.61 Å². The van der Waals surface area contributed by atoms with Crippen LogP contribution in [0.4, 0.5) is 10.5 Å². The third-order valence-electron chi connectivity index (χ3n) is 5.57. The monoisotopic (exact) mass is 504 g/mol. The number of primary amides is 1. The van der Waals surface area contributed by atoms with Crippen molar-refractivity contribution < 1.29 is 28.7 Å². The van der Waals surface area contributed by atoms with Crippen molar-refractivity contribution in [2.75, 3.05) is 11.9 Å². The summed E-state index contributed by atoms with van der Waals surface area (Å²) in [5.41, 5.74) is 6.41. The first kappa shape index (κ1) is 30.6. The summed E-state index contributed by atoms with van der Waals surface area (Å²) in [6, 6.07) is 5.53. The molecule has 5 N–H and O–H groups in total. The van der Waals surface area contributed by atoms with Crippen LogP contribution in [0.25, 0.3) is 0 Å². The number of amides is 4. The molecule has 0 fully saturated rings. The van der Waals surface area contributed by atoms with Gasteiger partial charge in [0.25, 0.3) is 0 Å². The normalized spacial score (nSPS) is 12.5. The number of hydrogen-bond donors (Lipinski definition) is 4. The zero-order valence-electron chi connectivity index (χ0n) is 21.9. The molecule has 0 saturated heterocycles. The number of urea groups is 1. The highest BCUT2D eigenvalue weighted by molar-refractivity contribution is 5.97. The minimum absolute atomic E-state index is 0.0571. The van der Waals surface area contributed by atoms with Crippen LogP contribution in [0.15, 0.2) is 24.3 Å². The molecule has 0 heterocycles. The number of carbonyl (C=O) groups excluding carboxylic acids is 5. The number of esters is 1. The molecule has 1 aromatic rings. The van der Waals surface area contributed by atoms with Gasteiger partial charge in [-0.2, -0.15) is 0 Å². The fourth-order valence-electron chi connectivity index (χ4n) is 3.40. The highest BCUT2D eigenvalue weighted by Crippen LogP contribution is 2.19. The number of carbonyl (C=O) groups is 5. The van der Waals surface area contributed by atoms with E-state index < -0.39 is 18.0 Å². The van der Waals surface area contributed by atoms with Crippen molar-refractivity contribution in [1.29, 1.82) is 0 Å². The molecule has 0 aliphatic heterocycles. The first-order valence-electron chi connectivity index (χ1n) is 12.4. The van der Waals surface area contributed by atoms with Gasteiger partial charge in [-0.1, -0.05) is 46.8 Å². The maximum atomic E-state index is 13.1. The average molecular weight is 505 g/mol. The van der Waals surface area contributed by atoms with Crippen LogP contribution in [-0.2, 0) is 30.5 Å². The Labute approximate surface area is 213 Å². The van der Waals surface area contributed by atoms with Crippen LogP contribution in [0.2, 0.25) is 0 Å². The Hall–Kier alpha value is -3.43. The van der Waals surface area contributed by atoms with E-state index >= 15 is 0 Å². The molecule has 0 aliphatic rings. The van der Waals surface area contributed by atoms with Crippen LogP contribution in [0.3, 0.4) is 0 Å². The second-order valence-electron chi connectivity index (χ2n) is 9.39. The van der Waals surface area contributed by atoms with Gasteiger partial charge < -0.3 is 26.4 Å². The molecule has 2 atom stereocenters.